The molecule has 1 aliphatic heterocycles. The number of hydrogen-bond acceptors (Lipinski definition) is 3. The Bertz CT molecular complexity index is 758. The molecule has 1 aromatic carbocycles. The Morgan fingerprint density at radius 2 is 1.96 bits per heavy atom. The van der Waals surface area contributed by atoms with Crippen LogP contribution in [0.1, 0.15) is 56.9 Å². The molecule has 2 amide bonds. The van der Waals surface area contributed by atoms with E-state index in [0.717, 1.165) is 56.1 Å². The predicted octanol–water partition coefficient (Wildman–Crippen LogP) is 4.15. The first kappa shape index (κ1) is 20.6. The highest BCUT2D eigenvalue weighted by Gasteiger charge is 2.23. The lowest BCUT2D eigenvalue weighted by molar-refractivity contribution is -0.119. The van der Waals surface area contributed by atoms with E-state index in [1.54, 1.807) is 12.1 Å². The average Bonchev–Trinajstić information content (AvgIpc) is 3.12. The summed E-state index contributed by atoms with van der Waals surface area (Å²) in [5.41, 5.74) is 1.90. The maximum Gasteiger partial charge on any atom is 0.269 e. The molecule has 1 aromatic rings. The molecule has 3 N–H and O–H groups in total. The van der Waals surface area contributed by atoms with Gasteiger partial charge in [-0.05, 0) is 61.3 Å². The molecule has 2 aliphatic rings. The number of rotatable bonds is 8. The van der Waals surface area contributed by atoms with Crippen molar-refractivity contribution in [2.75, 3.05) is 0 Å². The van der Waals surface area contributed by atoms with E-state index in [-0.39, 0.29) is 17.5 Å². The second-order valence-corrected chi connectivity index (χ2v) is 8.22. The van der Waals surface area contributed by atoms with Crippen molar-refractivity contribution in [3.8, 4) is 0 Å². The maximum absolute atomic E-state index is 12.3. The highest BCUT2D eigenvalue weighted by molar-refractivity contribution is 6.44. The zero-order valence-electron chi connectivity index (χ0n) is 16.1. The predicted molar refractivity (Wildman–Crippen MR) is 111 cm³/mol. The van der Waals surface area contributed by atoms with Gasteiger partial charge in [0.05, 0.1) is 0 Å². The molecule has 0 aromatic heterocycles. The molecule has 1 aliphatic carbocycles. The smallest absolute Gasteiger partial charge is 0.269 e. The van der Waals surface area contributed by atoms with Gasteiger partial charge in [-0.2, -0.15) is 0 Å². The molecule has 0 saturated carbocycles. The normalized spacial score (nSPS) is 21.8. The molecule has 1 fully saturated rings. The molecule has 3 rings (SSSR count). The number of benzene rings is 1. The van der Waals surface area contributed by atoms with Gasteiger partial charge < -0.3 is 10.6 Å². The lowest BCUT2D eigenvalue weighted by Crippen LogP contribution is -2.32. The van der Waals surface area contributed by atoms with Crippen LogP contribution in [0.3, 0.4) is 0 Å². The summed E-state index contributed by atoms with van der Waals surface area (Å²) in [4.78, 5) is 23.5. The van der Waals surface area contributed by atoms with E-state index in [0.29, 0.717) is 29.9 Å². The van der Waals surface area contributed by atoms with Crippen molar-refractivity contribution in [1.82, 2.24) is 10.6 Å². The van der Waals surface area contributed by atoms with Crippen molar-refractivity contribution in [3.63, 3.8) is 0 Å². The van der Waals surface area contributed by atoms with Crippen molar-refractivity contribution >= 4 is 29.1 Å². The number of halogens is 1. The lowest BCUT2D eigenvalue weighted by Gasteiger charge is -2.22. The van der Waals surface area contributed by atoms with Crippen LogP contribution in [0.25, 0.3) is 0 Å². The van der Waals surface area contributed by atoms with Gasteiger partial charge in [0.1, 0.15) is 5.71 Å². The van der Waals surface area contributed by atoms with Crippen LogP contribution in [0.5, 0.6) is 0 Å². The van der Waals surface area contributed by atoms with E-state index in [9.17, 15) is 9.59 Å². The molecule has 1 saturated heterocycles. The standard InChI is InChI=1S/C22H28ClN3O2/c23-18-10-6-16(7-11-18)14-25-22(28)21(24)17-8-4-15(5-9-17)2-1-3-19-12-13-20(27)26-19/h6-8,10-11,15,19,24H,1-5,9,12-14H2,(H,25,28)(H,26,27)/t15?,19-/m0/s1. The van der Waals surface area contributed by atoms with Crippen LogP contribution in [-0.4, -0.2) is 23.6 Å². The minimum absolute atomic E-state index is 0.0843. The fraction of sp³-hybridized carbons (Fsp3) is 0.500. The lowest BCUT2D eigenvalue weighted by atomic mass is 9.84. The van der Waals surface area contributed by atoms with Crippen molar-refractivity contribution in [3.05, 3.63) is 46.5 Å². The SMILES string of the molecule is N=C(C(=O)NCc1ccc(Cl)cc1)C1=CCC(CCC[C@H]2CCC(=O)N2)CC1. The van der Waals surface area contributed by atoms with Gasteiger partial charge in [0.15, 0.2) is 0 Å². The summed E-state index contributed by atoms with van der Waals surface area (Å²) >= 11 is 5.86. The van der Waals surface area contributed by atoms with Gasteiger partial charge in [0, 0.05) is 24.0 Å². The van der Waals surface area contributed by atoms with Crippen molar-refractivity contribution in [1.29, 1.82) is 5.41 Å². The second kappa shape index (κ2) is 9.87. The number of carbonyl (C=O) groups excluding carboxylic acids is 2. The average molecular weight is 402 g/mol. The third-order valence-corrected chi connectivity index (χ3v) is 5.94. The van der Waals surface area contributed by atoms with Crippen LogP contribution in [0.2, 0.25) is 5.02 Å². The molecule has 1 heterocycles. The van der Waals surface area contributed by atoms with Crippen LogP contribution in [0.15, 0.2) is 35.9 Å². The highest BCUT2D eigenvalue weighted by Crippen LogP contribution is 2.28. The van der Waals surface area contributed by atoms with Crippen LogP contribution in [-0.2, 0) is 16.1 Å². The summed E-state index contributed by atoms with van der Waals surface area (Å²) in [6, 6.07) is 7.68. The second-order valence-electron chi connectivity index (χ2n) is 7.79. The number of hydrogen-bond donors (Lipinski definition) is 3. The topological polar surface area (TPSA) is 82.1 Å². The first-order valence-corrected chi connectivity index (χ1v) is 10.5. The van der Waals surface area contributed by atoms with E-state index < -0.39 is 0 Å². The highest BCUT2D eigenvalue weighted by atomic mass is 35.5. The van der Waals surface area contributed by atoms with E-state index >= 15 is 0 Å². The monoisotopic (exact) mass is 401 g/mol. The summed E-state index contributed by atoms with van der Waals surface area (Å²) in [5, 5.41) is 14.7. The Labute approximate surface area is 171 Å². The fourth-order valence-corrected chi connectivity index (χ4v) is 4.07. The zero-order valence-corrected chi connectivity index (χ0v) is 16.9. The Hall–Kier alpha value is -2.14. The fourth-order valence-electron chi connectivity index (χ4n) is 3.94. The molecule has 0 bridgehead atoms. The molecule has 0 radical (unpaired) electrons. The maximum atomic E-state index is 12.3. The van der Waals surface area contributed by atoms with Gasteiger partial charge in [-0.25, -0.2) is 0 Å². The van der Waals surface area contributed by atoms with Crippen LogP contribution < -0.4 is 10.6 Å². The minimum atomic E-state index is -0.323. The van der Waals surface area contributed by atoms with Crippen LogP contribution in [0.4, 0.5) is 0 Å². The van der Waals surface area contributed by atoms with E-state index in [2.05, 4.69) is 16.7 Å². The first-order chi connectivity index (χ1) is 13.5. The molecule has 1 unspecified atom stereocenters. The van der Waals surface area contributed by atoms with Crippen LogP contribution >= 0.6 is 11.6 Å². The Morgan fingerprint density at radius 1 is 1.18 bits per heavy atom. The van der Waals surface area contributed by atoms with E-state index in [4.69, 9.17) is 17.0 Å². The molecular formula is C22H28ClN3O2. The zero-order chi connectivity index (χ0) is 19.9. The molecular weight excluding hydrogens is 374 g/mol. The van der Waals surface area contributed by atoms with Crippen molar-refractivity contribution in [2.24, 2.45) is 5.92 Å². The van der Waals surface area contributed by atoms with Gasteiger partial charge in [0.25, 0.3) is 5.91 Å². The van der Waals surface area contributed by atoms with Gasteiger partial charge in [-0.3, -0.25) is 15.0 Å². The summed E-state index contributed by atoms with van der Waals surface area (Å²) in [6.45, 7) is 0.395. The Morgan fingerprint density at radius 3 is 2.61 bits per heavy atom. The Balaban J connectivity index is 1.38. The number of nitrogens with one attached hydrogen (secondary N) is 3. The van der Waals surface area contributed by atoms with Crippen molar-refractivity contribution < 1.29 is 9.59 Å². The molecule has 28 heavy (non-hydrogen) atoms. The number of carbonyl (C=O) groups is 2. The summed E-state index contributed by atoms with van der Waals surface area (Å²) < 4.78 is 0. The molecule has 2 atom stereocenters. The summed E-state index contributed by atoms with van der Waals surface area (Å²) in [5.74, 6) is 0.477. The molecule has 6 heteroatoms. The third-order valence-electron chi connectivity index (χ3n) is 5.68. The van der Waals surface area contributed by atoms with Crippen molar-refractivity contribution in [2.45, 2.75) is 64.0 Å². The summed E-state index contributed by atoms with van der Waals surface area (Å²) in [6.07, 6.45) is 9.77. The van der Waals surface area contributed by atoms with Gasteiger partial charge in [-0.15, -0.1) is 0 Å². The number of amides is 2. The quantitative estimate of drug-likeness (QED) is 0.572. The third kappa shape index (κ3) is 5.93. The van der Waals surface area contributed by atoms with Crippen LogP contribution in [0, 0.1) is 11.3 Å². The van der Waals surface area contributed by atoms with E-state index in [1.807, 2.05) is 12.1 Å². The molecule has 0 spiro atoms. The van der Waals surface area contributed by atoms with Gasteiger partial charge in [0.2, 0.25) is 5.91 Å². The Kier molecular flexibility index (Phi) is 7.26. The van der Waals surface area contributed by atoms with Gasteiger partial charge >= 0.3 is 0 Å². The number of allylic oxidation sites excluding steroid dienone is 1. The molecule has 5 nitrogen and oxygen atoms in total. The minimum Gasteiger partial charge on any atom is -0.353 e. The first-order valence-electron chi connectivity index (χ1n) is 10.1. The summed E-state index contributed by atoms with van der Waals surface area (Å²) in [7, 11) is 0. The largest absolute Gasteiger partial charge is 0.353 e. The van der Waals surface area contributed by atoms with Gasteiger partial charge in [-0.1, -0.05) is 42.7 Å². The van der Waals surface area contributed by atoms with E-state index in [1.165, 1.54) is 0 Å². The molecule has 150 valence electrons.